The molecule has 0 fully saturated rings. The number of halogens is 2. The molecule has 0 aliphatic carbocycles. The monoisotopic (exact) mass is 245 g/mol. The fraction of sp³-hybridized carbons (Fsp3) is 0.455. The Bertz CT molecular complexity index is 383. The van der Waals surface area contributed by atoms with Gasteiger partial charge in [0.2, 0.25) is 0 Å². The summed E-state index contributed by atoms with van der Waals surface area (Å²) < 4.78 is 13.7. The van der Waals surface area contributed by atoms with Gasteiger partial charge in [-0.3, -0.25) is 0 Å². The lowest BCUT2D eigenvalue weighted by Gasteiger charge is -2.14. The minimum atomic E-state index is -0.227. The van der Waals surface area contributed by atoms with Crippen molar-refractivity contribution in [2.24, 2.45) is 5.73 Å². The molecule has 1 aromatic carbocycles. The Labute approximate surface area is 98.2 Å². The standard InChI is InChI=1S/C11H13ClFNS/c1-6-2-11(14)8-3-7(12)4-10(13)9(8)5-15-6/h3-4,6,11H,2,5,14H2,1H3/t6?,11-/m1/s1. The molecule has 15 heavy (non-hydrogen) atoms. The van der Waals surface area contributed by atoms with Gasteiger partial charge >= 0.3 is 0 Å². The molecule has 0 aromatic heterocycles. The molecule has 1 heterocycles. The van der Waals surface area contributed by atoms with Gasteiger partial charge in [-0.25, -0.2) is 4.39 Å². The van der Waals surface area contributed by atoms with Gasteiger partial charge in [0.1, 0.15) is 5.82 Å². The molecule has 0 bridgehead atoms. The smallest absolute Gasteiger partial charge is 0.129 e. The highest BCUT2D eigenvalue weighted by Gasteiger charge is 2.22. The molecule has 0 saturated heterocycles. The number of hydrogen-bond acceptors (Lipinski definition) is 2. The van der Waals surface area contributed by atoms with E-state index in [-0.39, 0.29) is 11.9 Å². The first-order valence-electron chi connectivity index (χ1n) is 4.93. The van der Waals surface area contributed by atoms with Crippen molar-refractivity contribution in [2.45, 2.75) is 30.4 Å². The number of benzene rings is 1. The fourth-order valence-electron chi connectivity index (χ4n) is 1.88. The molecule has 2 N–H and O–H groups in total. The average Bonchev–Trinajstić information content (AvgIpc) is 2.27. The van der Waals surface area contributed by atoms with Crippen LogP contribution in [0.3, 0.4) is 0 Å². The van der Waals surface area contributed by atoms with Crippen LogP contribution in [0.1, 0.15) is 30.5 Å². The number of hydrogen-bond donors (Lipinski definition) is 1. The van der Waals surface area contributed by atoms with Gasteiger partial charge in [-0.1, -0.05) is 18.5 Å². The van der Waals surface area contributed by atoms with Crippen LogP contribution < -0.4 is 5.73 Å². The van der Waals surface area contributed by atoms with Gasteiger partial charge in [-0.2, -0.15) is 11.8 Å². The minimum absolute atomic E-state index is 0.0989. The summed E-state index contributed by atoms with van der Waals surface area (Å²) in [5, 5.41) is 0.895. The van der Waals surface area contributed by atoms with Crippen LogP contribution in [0.4, 0.5) is 4.39 Å². The van der Waals surface area contributed by atoms with Crippen LogP contribution in [0.2, 0.25) is 5.02 Å². The number of fused-ring (bicyclic) bond motifs is 1. The Morgan fingerprint density at radius 3 is 3.00 bits per heavy atom. The lowest BCUT2D eigenvalue weighted by Crippen LogP contribution is -2.14. The third-order valence-electron chi connectivity index (χ3n) is 2.69. The maximum absolute atomic E-state index is 13.7. The maximum Gasteiger partial charge on any atom is 0.129 e. The second-order valence-electron chi connectivity index (χ2n) is 3.92. The van der Waals surface area contributed by atoms with Gasteiger partial charge < -0.3 is 5.73 Å². The van der Waals surface area contributed by atoms with Crippen molar-refractivity contribution < 1.29 is 4.39 Å². The molecule has 1 aliphatic heterocycles. The third-order valence-corrected chi connectivity index (χ3v) is 4.13. The van der Waals surface area contributed by atoms with E-state index >= 15 is 0 Å². The summed E-state index contributed by atoms with van der Waals surface area (Å²) in [6.07, 6.45) is 0.872. The summed E-state index contributed by atoms with van der Waals surface area (Å²) in [6, 6.07) is 3.06. The lowest BCUT2D eigenvalue weighted by atomic mass is 9.98. The summed E-state index contributed by atoms with van der Waals surface area (Å²) in [4.78, 5) is 0. The van der Waals surface area contributed by atoms with E-state index in [0.717, 1.165) is 17.5 Å². The van der Waals surface area contributed by atoms with Crippen LogP contribution in [-0.4, -0.2) is 5.25 Å². The quantitative estimate of drug-likeness (QED) is 0.757. The van der Waals surface area contributed by atoms with E-state index in [4.69, 9.17) is 17.3 Å². The van der Waals surface area contributed by atoms with Crippen molar-refractivity contribution in [1.29, 1.82) is 0 Å². The molecular weight excluding hydrogens is 233 g/mol. The number of nitrogens with two attached hydrogens (primary N) is 1. The molecule has 1 aromatic rings. The molecule has 2 rings (SSSR count). The zero-order valence-electron chi connectivity index (χ0n) is 8.47. The Hall–Kier alpha value is -0.250. The summed E-state index contributed by atoms with van der Waals surface area (Å²) in [5.74, 6) is 0.460. The first-order chi connectivity index (χ1) is 7.08. The van der Waals surface area contributed by atoms with E-state index in [1.807, 2.05) is 0 Å². The molecule has 4 heteroatoms. The molecule has 0 spiro atoms. The lowest BCUT2D eigenvalue weighted by molar-refractivity contribution is 0.601. The van der Waals surface area contributed by atoms with Crippen LogP contribution in [0.5, 0.6) is 0 Å². The molecule has 1 nitrogen and oxygen atoms in total. The second-order valence-corrected chi connectivity index (χ2v) is 5.78. The average molecular weight is 246 g/mol. The Morgan fingerprint density at radius 2 is 2.27 bits per heavy atom. The highest BCUT2D eigenvalue weighted by molar-refractivity contribution is 7.99. The van der Waals surface area contributed by atoms with Gasteiger partial charge in [-0.05, 0) is 24.1 Å². The SMILES string of the molecule is CC1C[C@@H](N)c2cc(Cl)cc(F)c2CS1. The zero-order chi connectivity index (χ0) is 11.0. The van der Waals surface area contributed by atoms with E-state index < -0.39 is 0 Å². The predicted octanol–water partition coefficient (Wildman–Crippen LogP) is 3.50. The van der Waals surface area contributed by atoms with E-state index in [2.05, 4.69) is 6.92 Å². The second kappa shape index (κ2) is 4.32. The summed E-state index contributed by atoms with van der Waals surface area (Å²) in [6.45, 7) is 2.12. The van der Waals surface area contributed by atoms with E-state index in [1.54, 1.807) is 17.8 Å². The summed E-state index contributed by atoms with van der Waals surface area (Å²) in [7, 11) is 0. The normalized spacial score (nSPS) is 25.9. The van der Waals surface area contributed by atoms with E-state index in [9.17, 15) is 4.39 Å². The van der Waals surface area contributed by atoms with Crippen molar-refractivity contribution in [2.75, 3.05) is 0 Å². The van der Waals surface area contributed by atoms with Crippen LogP contribution in [0.15, 0.2) is 12.1 Å². The first-order valence-corrected chi connectivity index (χ1v) is 6.35. The third kappa shape index (κ3) is 2.30. The molecular formula is C11H13ClFNS. The Balaban J connectivity index is 2.48. The van der Waals surface area contributed by atoms with Crippen LogP contribution in [-0.2, 0) is 5.75 Å². The maximum atomic E-state index is 13.7. The molecule has 1 unspecified atom stereocenters. The van der Waals surface area contributed by atoms with Crippen molar-refractivity contribution in [3.63, 3.8) is 0 Å². The zero-order valence-corrected chi connectivity index (χ0v) is 10.0. The highest BCUT2D eigenvalue weighted by Crippen LogP contribution is 2.36. The van der Waals surface area contributed by atoms with Crippen molar-refractivity contribution in [3.8, 4) is 0 Å². The Kier molecular flexibility index (Phi) is 3.24. The minimum Gasteiger partial charge on any atom is -0.324 e. The summed E-state index contributed by atoms with van der Waals surface area (Å²) in [5.41, 5.74) is 7.63. The number of rotatable bonds is 0. The predicted molar refractivity (Wildman–Crippen MR) is 63.7 cm³/mol. The molecule has 2 atom stereocenters. The highest BCUT2D eigenvalue weighted by atomic mass is 35.5. The topological polar surface area (TPSA) is 26.0 Å². The molecule has 0 saturated carbocycles. The van der Waals surface area contributed by atoms with Crippen LogP contribution in [0.25, 0.3) is 0 Å². The molecule has 0 radical (unpaired) electrons. The van der Waals surface area contributed by atoms with Gasteiger partial charge in [0, 0.05) is 27.6 Å². The van der Waals surface area contributed by atoms with Crippen molar-refractivity contribution in [3.05, 3.63) is 34.1 Å². The van der Waals surface area contributed by atoms with Crippen LogP contribution in [0, 0.1) is 5.82 Å². The molecule has 1 aliphatic rings. The van der Waals surface area contributed by atoms with Gasteiger partial charge in [0.25, 0.3) is 0 Å². The fourth-order valence-corrected chi connectivity index (χ4v) is 3.20. The van der Waals surface area contributed by atoms with E-state index in [1.165, 1.54) is 6.07 Å². The van der Waals surface area contributed by atoms with Gasteiger partial charge in [-0.15, -0.1) is 0 Å². The largest absolute Gasteiger partial charge is 0.324 e. The molecule has 82 valence electrons. The van der Waals surface area contributed by atoms with Crippen LogP contribution >= 0.6 is 23.4 Å². The van der Waals surface area contributed by atoms with Gasteiger partial charge in [0.05, 0.1) is 0 Å². The number of thioether (sulfide) groups is 1. The van der Waals surface area contributed by atoms with E-state index in [0.29, 0.717) is 16.0 Å². The first kappa shape index (κ1) is 11.2. The van der Waals surface area contributed by atoms with Crippen molar-refractivity contribution >= 4 is 23.4 Å². The molecule has 0 amide bonds. The van der Waals surface area contributed by atoms with Crippen molar-refractivity contribution in [1.82, 2.24) is 0 Å². The summed E-state index contributed by atoms with van der Waals surface area (Å²) >= 11 is 7.58. The van der Waals surface area contributed by atoms with Gasteiger partial charge in [0.15, 0.2) is 0 Å². The Morgan fingerprint density at radius 1 is 1.53 bits per heavy atom.